The lowest BCUT2D eigenvalue weighted by atomic mass is 10.2. The van der Waals surface area contributed by atoms with Gasteiger partial charge in [0.1, 0.15) is 12.2 Å². The Morgan fingerprint density at radius 1 is 1.33 bits per heavy atom. The van der Waals surface area contributed by atoms with Crippen molar-refractivity contribution in [2.45, 2.75) is 39.4 Å². The van der Waals surface area contributed by atoms with Crippen LogP contribution in [0.15, 0.2) is 24.8 Å². The van der Waals surface area contributed by atoms with Crippen molar-refractivity contribution in [1.82, 2.24) is 24.6 Å². The fraction of sp³-hybridized carbons (Fsp3) is 0.538. The van der Waals surface area contributed by atoms with Crippen molar-refractivity contribution in [3.63, 3.8) is 0 Å². The van der Waals surface area contributed by atoms with Crippen LogP contribution < -0.4 is 5.32 Å². The number of nitrogens with zero attached hydrogens (tertiary/aromatic N) is 4. The highest BCUT2D eigenvalue weighted by Gasteiger charge is 2.09. The second-order valence-electron chi connectivity index (χ2n) is 4.84. The van der Waals surface area contributed by atoms with Crippen molar-refractivity contribution in [3.8, 4) is 0 Å². The molecule has 2 rings (SSSR count). The van der Waals surface area contributed by atoms with Crippen LogP contribution in [0.4, 0.5) is 0 Å². The molecule has 0 bridgehead atoms. The minimum Gasteiger partial charge on any atom is -0.346 e. The Balaban J connectivity index is 2.14. The maximum atomic E-state index is 4.32. The number of hydrogen-bond donors (Lipinski definition) is 1. The average molecular weight is 247 g/mol. The molecule has 0 aliphatic heterocycles. The molecule has 2 heterocycles. The molecule has 5 heteroatoms. The molecule has 18 heavy (non-hydrogen) atoms. The van der Waals surface area contributed by atoms with E-state index in [0.717, 1.165) is 12.4 Å². The van der Waals surface area contributed by atoms with E-state index in [1.807, 2.05) is 11.7 Å². The summed E-state index contributed by atoms with van der Waals surface area (Å²) in [6, 6.07) is 2.85. The van der Waals surface area contributed by atoms with Crippen molar-refractivity contribution >= 4 is 0 Å². The van der Waals surface area contributed by atoms with Gasteiger partial charge in [-0.3, -0.25) is 0 Å². The van der Waals surface area contributed by atoms with Gasteiger partial charge in [-0.05, 0) is 39.4 Å². The molecule has 5 nitrogen and oxygen atoms in total. The van der Waals surface area contributed by atoms with Gasteiger partial charge in [0.2, 0.25) is 0 Å². The van der Waals surface area contributed by atoms with Gasteiger partial charge in [0.15, 0.2) is 0 Å². The predicted octanol–water partition coefficient (Wildman–Crippen LogP) is 1.99. The maximum Gasteiger partial charge on any atom is 0.147 e. The summed E-state index contributed by atoms with van der Waals surface area (Å²) >= 11 is 0. The molecule has 0 spiro atoms. The Labute approximate surface area is 108 Å². The molecular formula is C13H21N5. The third-order valence-electron chi connectivity index (χ3n) is 3.17. The average Bonchev–Trinajstić information content (AvgIpc) is 2.97. The normalized spacial score (nSPS) is 13.2. The lowest BCUT2D eigenvalue weighted by Gasteiger charge is -2.10. The highest BCUT2D eigenvalue weighted by atomic mass is 15.4. The molecule has 0 amide bonds. The molecule has 0 aromatic carbocycles. The third-order valence-corrected chi connectivity index (χ3v) is 3.17. The number of hydrogen-bond acceptors (Lipinski definition) is 3. The SMILES string of the molecule is CNC(C)c1ccn(Cc2ncnn2C(C)C)c1. The maximum absolute atomic E-state index is 4.32. The highest BCUT2D eigenvalue weighted by molar-refractivity contribution is 5.15. The zero-order valence-corrected chi connectivity index (χ0v) is 11.5. The monoisotopic (exact) mass is 247 g/mol. The van der Waals surface area contributed by atoms with E-state index in [9.17, 15) is 0 Å². The topological polar surface area (TPSA) is 47.7 Å². The van der Waals surface area contributed by atoms with Crippen molar-refractivity contribution in [1.29, 1.82) is 0 Å². The molecular weight excluding hydrogens is 226 g/mol. The fourth-order valence-electron chi connectivity index (χ4n) is 1.96. The Kier molecular flexibility index (Phi) is 3.81. The Morgan fingerprint density at radius 2 is 2.11 bits per heavy atom. The van der Waals surface area contributed by atoms with Gasteiger partial charge in [0.25, 0.3) is 0 Å². The molecule has 0 aliphatic carbocycles. The van der Waals surface area contributed by atoms with Crippen molar-refractivity contribution in [3.05, 3.63) is 36.2 Å². The van der Waals surface area contributed by atoms with Gasteiger partial charge in [-0.2, -0.15) is 5.10 Å². The molecule has 0 radical (unpaired) electrons. The fourth-order valence-corrected chi connectivity index (χ4v) is 1.96. The van der Waals surface area contributed by atoms with Crippen LogP contribution in [0.5, 0.6) is 0 Å². The number of rotatable bonds is 5. The van der Waals surface area contributed by atoms with Crippen LogP contribution in [-0.4, -0.2) is 26.4 Å². The van der Waals surface area contributed by atoms with Gasteiger partial charge in [-0.25, -0.2) is 9.67 Å². The molecule has 98 valence electrons. The van der Waals surface area contributed by atoms with Crippen LogP contribution in [0.25, 0.3) is 0 Å². The molecule has 1 atom stereocenters. The van der Waals surface area contributed by atoms with Crippen LogP contribution >= 0.6 is 0 Å². The third kappa shape index (κ3) is 2.61. The smallest absolute Gasteiger partial charge is 0.147 e. The molecule has 0 fully saturated rings. The van der Waals surface area contributed by atoms with Crippen LogP contribution in [-0.2, 0) is 6.54 Å². The summed E-state index contributed by atoms with van der Waals surface area (Å²) < 4.78 is 4.10. The summed E-state index contributed by atoms with van der Waals surface area (Å²) in [5.74, 6) is 0.990. The molecule has 1 unspecified atom stereocenters. The molecule has 0 saturated heterocycles. The number of nitrogens with one attached hydrogen (secondary N) is 1. The van der Waals surface area contributed by atoms with Crippen LogP contribution in [0.1, 0.15) is 44.2 Å². The van der Waals surface area contributed by atoms with Gasteiger partial charge < -0.3 is 9.88 Å². The molecule has 0 saturated carbocycles. The Bertz CT molecular complexity index is 497. The van der Waals surface area contributed by atoms with Crippen molar-refractivity contribution in [2.75, 3.05) is 7.05 Å². The van der Waals surface area contributed by atoms with Crippen molar-refractivity contribution in [2.24, 2.45) is 0 Å². The minimum atomic E-state index is 0.341. The van der Waals surface area contributed by atoms with Crippen molar-refractivity contribution < 1.29 is 0 Å². The van der Waals surface area contributed by atoms with Gasteiger partial charge >= 0.3 is 0 Å². The summed E-state index contributed by atoms with van der Waals surface area (Å²) in [4.78, 5) is 4.32. The van der Waals surface area contributed by atoms with Gasteiger partial charge in [0.05, 0.1) is 6.54 Å². The van der Waals surface area contributed by atoms with E-state index in [2.05, 4.69) is 59.2 Å². The Hall–Kier alpha value is -1.62. The largest absolute Gasteiger partial charge is 0.346 e. The first-order chi connectivity index (χ1) is 8.61. The van der Waals surface area contributed by atoms with Crippen LogP contribution in [0.3, 0.4) is 0 Å². The van der Waals surface area contributed by atoms with E-state index in [0.29, 0.717) is 12.1 Å². The summed E-state index contributed by atoms with van der Waals surface area (Å²) in [5, 5.41) is 7.49. The van der Waals surface area contributed by atoms with Gasteiger partial charge in [0, 0.05) is 24.5 Å². The quantitative estimate of drug-likeness (QED) is 0.879. The number of aromatic nitrogens is 4. The van der Waals surface area contributed by atoms with Crippen LogP contribution in [0.2, 0.25) is 0 Å². The molecule has 1 N–H and O–H groups in total. The minimum absolute atomic E-state index is 0.341. The van der Waals surface area contributed by atoms with Crippen LogP contribution in [0, 0.1) is 0 Å². The standard InChI is InChI=1S/C13H21N5/c1-10(2)18-13(15-9-16-18)8-17-6-5-12(7-17)11(3)14-4/h5-7,9-11,14H,8H2,1-4H3. The first-order valence-corrected chi connectivity index (χ1v) is 6.33. The predicted molar refractivity (Wildman–Crippen MR) is 71.4 cm³/mol. The van der Waals surface area contributed by atoms with E-state index in [1.54, 1.807) is 6.33 Å². The lowest BCUT2D eigenvalue weighted by molar-refractivity contribution is 0.496. The van der Waals surface area contributed by atoms with E-state index < -0.39 is 0 Å². The zero-order chi connectivity index (χ0) is 13.1. The summed E-state index contributed by atoms with van der Waals surface area (Å²) in [7, 11) is 1.97. The second kappa shape index (κ2) is 5.35. The summed E-state index contributed by atoms with van der Waals surface area (Å²) in [6.45, 7) is 7.13. The summed E-state index contributed by atoms with van der Waals surface area (Å²) in [5.41, 5.74) is 1.29. The van der Waals surface area contributed by atoms with E-state index in [1.165, 1.54) is 5.56 Å². The zero-order valence-electron chi connectivity index (χ0n) is 11.5. The van der Waals surface area contributed by atoms with E-state index >= 15 is 0 Å². The second-order valence-corrected chi connectivity index (χ2v) is 4.84. The Morgan fingerprint density at radius 3 is 2.78 bits per heavy atom. The highest BCUT2D eigenvalue weighted by Crippen LogP contribution is 2.13. The van der Waals surface area contributed by atoms with E-state index in [-0.39, 0.29) is 0 Å². The van der Waals surface area contributed by atoms with Gasteiger partial charge in [-0.15, -0.1) is 0 Å². The lowest BCUT2D eigenvalue weighted by Crippen LogP contribution is -2.12. The summed E-state index contributed by atoms with van der Waals surface area (Å²) in [6.07, 6.45) is 5.86. The van der Waals surface area contributed by atoms with Gasteiger partial charge in [-0.1, -0.05) is 0 Å². The molecule has 0 aliphatic rings. The first-order valence-electron chi connectivity index (χ1n) is 6.33. The molecule has 2 aromatic heterocycles. The first kappa shape index (κ1) is 12.8. The molecule has 2 aromatic rings. The van der Waals surface area contributed by atoms with E-state index in [4.69, 9.17) is 0 Å².